The van der Waals surface area contributed by atoms with Crippen LogP contribution in [0.1, 0.15) is 12.0 Å². The normalized spacial score (nSPS) is 19.7. The number of benzene rings is 1. The molecule has 14 heavy (non-hydrogen) atoms. The van der Waals surface area contributed by atoms with Crippen LogP contribution in [-0.4, -0.2) is 5.97 Å². The van der Waals surface area contributed by atoms with Gasteiger partial charge in [0.2, 0.25) is 0 Å². The van der Waals surface area contributed by atoms with Gasteiger partial charge >= 0.3 is 5.97 Å². The molecule has 0 bridgehead atoms. The molecule has 0 aliphatic carbocycles. The molecule has 0 radical (unpaired) electrons. The van der Waals surface area contributed by atoms with E-state index in [-0.39, 0.29) is 11.9 Å². The quantitative estimate of drug-likeness (QED) is 0.404. The van der Waals surface area contributed by atoms with Crippen molar-refractivity contribution in [3.05, 3.63) is 42.5 Å². The first kappa shape index (κ1) is 9.00. The van der Waals surface area contributed by atoms with Crippen molar-refractivity contribution < 1.29 is 9.53 Å². The van der Waals surface area contributed by atoms with E-state index in [1.54, 1.807) is 6.08 Å². The van der Waals surface area contributed by atoms with Crippen molar-refractivity contribution in [3.63, 3.8) is 0 Å². The molecule has 2 rings (SSSR count). The van der Waals surface area contributed by atoms with Gasteiger partial charge in [0.05, 0.1) is 5.92 Å². The van der Waals surface area contributed by atoms with Gasteiger partial charge in [0.15, 0.2) is 0 Å². The highest BCUT2D eigenvalue weighted by atomic mass is 16.5. The lowest BCUT2D eigenvalue weighted by atomic mass is 9.93. The second kappa shape index (κ2) is 3.66. The van der Waals surface area contributed by atoms with Crippen molar-refractivity contribution in [2.75, 3.05) is 0 Å². The number of allylic oxidation sites excluding steroid dienone is 1. The zero-order valence-electron chi connectivity index (χ0n) is 7.90. The Morgan fingerprint density at radius 1 is 1.50 bits per heavy atom. The summed E-state index contributed by atoms with van der Waals surface area (Å²) in [6.45, 7) is 3.64. The Bertz CT molecular complexity index is 368. The number of esters is 1. The second-order valence-corrected chi connectivity index (χ2v) is 3.45. The Balaban J connectivity index is 2.26. The predicted octanol–water partition coefficient (Wildman–Crippen LogP) is 2.34. The van der Waals surface area contributed by atoms with E-state index in [1.807, 2.05) is 24.3 Å². The summed E-state index contributed by atoms with van der Waals surface area (Å²) in [5.41, 5.74) is 1.11. The van der Waals surface area contributed by atoms with Crippen molar-refractivity contribution >= 4 is 5.97 Å². The van der Waals surface area contributed by atoms with E-state index in [0.717, 1.165) is 12.0 Å². The summed E-state index contributed by atoms with van der Waals surface area (Å²) in [7, 11) is 0. The summed E-state index contributed by atoms with van der Waals surface area (Å²) in [5, 5.41) is 0. The summed E-state index contributed by atoms with van der Waals surface area (Å²) in [4.78, 5) is 11.5. The van der Waals surface area contributed by atoms with Crippen molar-refractivity contribution in [2.24, 2.45) is 5.92 Å². The van der Waals surface area contributed by atoms with Crippen LogP contribution in [0, 0.1) is 5.92 Å². The molecule has 0 aromatic heterocycles. The minimum absolute atomic E-state index is 0.0533. The van der Waals surface area contributed by atoms with Gasteiger partial charge in [0, 0.05) is 0 Å². The van der Waals surface area contributed by atoms with Crippen LogP contribution in [0.15, 0.2) is 36.9 Å². The molecular weight excluding hydrogens is 176 g/mol. The fourth-order valence-corrected chi connectivity index (χ4v) is 1.69. The van der Waals surface area contributed by atoms with Crippen LogP contribution < -0.4 is 4.74 Å². The monoisotopic (exact) mass is 188 g/mol. The summed E-state index contributed by atoms with van der Waals surface area (Å²) in [6.07, 6.45) is 3.22. The number of para-hydroxylation sites is 1. The largest absolute Gasteiger partial charge is 0.426 e. The molecule has 1 aliphatic heterocycles. The van der Waals surface area contributed by atoms with Crippen molar-refractivity contribution in [3.8, 4) is 5.75 Å². The molecule has 0 amide bonds. The fourth-order valence-electron chi connectivity index (χ4n) is 1.69. The van der Waals surface area contributed by atoms with E-state index in [1.165, 1.54) is 0 Å². The fraction of sp³-hybridized carbons (Fsp3) is 0.250. The molecule has 0 N–H and O–H groups in total. The minimum Gasteiger partial charge on any atom is -0.426 e. The number of carbonyl (C=O) groups is 1. The second-order valence-electron chi connectivity index (χ2n) is 3.45. The van der Waals surface area contributed by atoms with E-state index >= 15 is 0 Å². The highest BCUT2D eigenvalue weighted by molar-refractivity contribution is 5.78. The maximum Gasteiger partial charge on any atom is 0.314 e. The molecule has 2 heteroatoms. The number of carbonyl (C=O) groups excluding carboxylic acids is 1. The van der Waals surface area contributed by atoms with Crippen molar-refractivity contribution in [1.82, 2.24) is 0 Å². The number of fused-ring (bicyclic) bond motifs is 1. The average Bonchev–Trinajstić information content (AvgIpc) is 2.19. The van der Waals surface area contributed by atoms with Gasteiger partial charge in [0.1, 0.15) is 5.75 Å². The Labute approximate surface area is 83.2 Å². The summed E-state index contributed by atoms with van der Waals surface area (Å²) in [5.74, 6) is 0.517. The third-order valence-corrected chi connectivity index (χ3v) is 2.43. The zero-order valence-corrected chi connectivity index (χ0v) is 7.90. The number of ether oxygens (including phenoxy) is 1. The van der Waals surface area contributed by atoms with Crippen LogP contribution in [-0.2, 0) is 11.2 Å². The third kappa shape index (κ3) is 1.55. The molecule has 2 nitrogen and oxygen atoms in total. The van der Waals surface area contributed by atoms with Gasteiger partial charge in [0.25, 0.3) is 0 Å². The molecule has 1 heterocycles. The maximum atomic E-state index is 11.5. The van der Waals surface area contributed by atoms with Crippen LogP contribution >= 0.6 is 0 Å². The lowest BCUT2D eigenvalue weighted by Crippen LogP contribution is -2.27. The molecule has 0 fully saturated rings. The van der Waals surface area contributed by atoms with Crippen molar-refractivity contribution in [2.45, 2.75) is 12.8 Å². The zero-order chi connectivity index (χ0) is 9.97. The smallest absolute Gasteiger partial charge is 0.314 e. The summed E-state index contributed by atoms with van der Waals surface area (Å²) < 4.78 is 5.21. The SMILES string of the molecule is C=CC[C@H]1Cc2ccccc2OC1=O. The van der Waals surface area contributed by atoms with E-state index in [0.29, 0.717) is 12.2 Å². The summed E-state index contributed by atoms with van der Waals surface area (Å²) >= 11 is 0. The Kier molecular flexibility index (Phi) is 2.35. The van der Waals surface area contributed by atoms with Crippen LogP contribution in [0.25, 0.3) is 0 Å². The molecule has 1 aliphatic rings. The minimum atomic E-state index is -0.136. The Hall–Kier alpha value is -1.57. The van der Waals surface area contributed by atoms with Gasteiger partial charge < -0.3 is 4.74 Å². The highest BCUT2D eigenvalue weighted by Gasteiger charge is 2.26. The Morgan fingerprint density at radius 2 is 2.29 bits per heavy atom. The lowest BCUT2D eigenvalue weighted by molar-refractivity contribution is -0.140. The Morgan fingerprint density at radius 3 is 3.07 bits per heavy atom. The van der Waals surface area contributed by atoms with Gasteiger partial charge in [-0.15, -0.1) is 6.58 Å². The van der Waals surface area contributed by atoms with E-state index in [9.17, 15) is 4.79 Å². The van der Waals surface area contributed by atoms with E-state index in [4.69, 9.17) is 4.74 Å². The predicted molar refractivity (Wildman–Crippen MR) is 54.1 cm³/mol. The molecule has 1 aromatic rings. The molecule has 0 saturated heterocycles. The van der Waals surface area contributed by atoms with Gasteiger partial charge in [-0.1, -0.05) is 24.3 Å². The number of hydrogen-bond acceptors (Lipinski definition) is 2. The molecule has 72 valence electrons. The van der Waals surface area contributed by atoms with E-state index < -0.39 is 0 Å². The lowest BCUT2D eigenvalue weighted by Gasteiger charge is -2.21. The molecular formula is C12H12O2. The molecule has 1 aromatic carbocycles. The topological polar surface area (TPSA) is 26.3 Å². The number of hydrogen-bond donors (Lipinski definition) is 0. The maximum absolute atomic E-state index is 11.5. The third-order valence-electron chi connectivity index (χ3n) is 2.43. The van der Waals surface area contributed by atoms with Gasteiger partial charge in [-0.2, -0.15) is 0 Å². The van der Waals surface area contributed by atoms with Crippen LogP contribution in [0.2, 0.25) is 0 Å². The van der Waals surface area contributed by atoms with Gasteiger partial charge in [-0.05, 0) is 24.5 Å². The molecule has 1 atom stereocenters. The van der Waals surface area contributed by atoms with Gasteiger partial charge in [-0.3, -0.25) is 4.79 Å². The van der Waals surface area contributed by atoms with Crippen molar-refractivity contribution in [1.29, 1.82) is 0 Å². The van der Waals surface area contributed by atoms with Crippen LogP contribution in [0.3, 0.4) is 0 Å². The summed E-state index contributed by atoms with van der Waals surface area (Å²) in [6, 6.07) is 7.66. The first-order valence-electron chi connectivity index (χ1n) is 4.71. The first-order chi connectivity index (χ1) is 6.81. The highest BCUT2D eigenvalue weighted by Crippen LogP contribution is 2.28. The molecule has 0 spiro atoms. The van der Waals surface area contributed by atoms with E-state index in [2.05, 4.69) is 6.58 Å². The standard InChI is InChI=1S/C12H12O2/c1-2-5-10-8-9-6-3-4-7-11(9)14-12(10)13/h2-4,6-7,10H,1,5,8H2/t10-/m0/s1. The molecule has 0 unspecified atom stereocenters. The number of rotatable bonds is 2. The van der Waals surface area contributed by atoms with Crippen LogP contribution in [0.4, 0.5) is 0 Å². The van der Waals surface area contributed by atoms with Crippen LogP contribution in [0.5, 0.6) is 5.75 Å². The average molecular weight is 188 g/mol. The van der Waals surface area contributed by atoms with Gasteiger partial charge in [-0.25, -0.2) is 0 Å². The first-order valence-corrected chi connectivity index (χ1v) is 4.71. The molecule has 0 saturated carbocycles.